The highest BCUT2D eigenvalue weighted by Gasteiger charge is 2.30. The number of hydrogen-bond acceptors (Lipinski definition) is 3. The molecule has 2 aliphatic rings. The summed E-state index contributed by atoms with van der Waals surface area (Å²) < 4.78 is 2.14. The van der Waals surface area contributed by atoms with Crippen LogP contribution in [0.5, 0.6) is 0 Å². The van der Waals surface area contributed by atoms with Crippen LogP contribution >= 0.6 is 0 Å². The topological polar surface area (TPSA) is 33.1 Å². The smallest absolute Gasteiger partial charge is 0.127 e. The quantitative estimate of drug-likeness (QED) is 0.850. The molecule has 0 radical (unpaired) electrons. The molecule has 2 aliphatic heterocycles. The fourth-order valence-electron chi connectivity index (χ4n) is 3.18. The molecule has 1 aromatic heterocycles. The second kappa shape index (κ2) is 4.33. The number of piperidine rings is 1. The number of hydrogen-bond donors (Lipinski definition) is 1. The number of aryl methyl sites for hydroxylation is 1. The van der Waals surface area contributed by atoms with Gasteiger partial charge in [0.15, 0.2) is 0 Å². The molecule has 0 bridgehead atoms. The zero-order valence-corrected chi connectivity index (χ0v) is 10.9. The lowest BCUT2D eigenvalue weighted by Crippen LogP contribution is -2.30. The molecule has 0 aliphatic carbocycles. The van der Waals surface area contributed by atoms with Crippen LogP contribution in [0.3, 0.4) is 0 Å². The predicted molar refractivity (Wildman–Crippen MR) is 69.3 cm³/mol. The first-order chi connectivity index (χ1) is 8.31. The van der Waals surface area contributed by atoms with Gasteiger partial charge in [-0.15, -0.1) is 0 Å². The molecule has 17 heavy (non-hydrogen) atoms. The van der Waals surface area contributed by atoms with Gasteiger partial charge in [0.05, 0.1) is 11.7 Å². The molecule has 4 heteroatoms. The van der Waals surface area contributed by atoms with Crippen LogP contribution in [0.4, 0.5) is 5.82 Å². The van der Waals surface area contributed by atoms with Gasteiger partial charge in [0.1, 0.15) is 5.82 Å². The van der Waals surface area contributed by atoms with Gasteiger partial charge in [-0.2, -0.15) is 5.10 Å². The first-order valence-electron chi connectivity index (χ1n) is 6.85. The van der Waals surface area contributed by atoms with Crippen LogP contribution in [0.15, 0.2) is 0 Å². The Morgan fingerprint density at radius 2 is 2.29 bits per heavy atom. The fraction of sp³-hybridized carbons (Fsp3) is 0.769. The molecule has 0 amide bonds. The average Bonchev–Trinajstić information content (AvgIpc) is 2.91. The van der Waals surface area contributed by atoms with Gasteiger partial charge in [0.2, 0.25) is 0 Å². The first kappa shape index (κ1) is 11.1. The second-order valence-electron chi connectivity index (χ2n) is 5.20. The molecule has 0 saturated carbocycles. The van der Waals surface area contributed by atoms with E-state index in [0.29, 0.717) is 6.04 Å². The summed E-state index contributed by atoms with van der Waals surface area (Å²) in [5.74, 6) is 1.28. The molecule has 4 nitrogen and oxygen atoms in total. The molecule has 0 aromatic carbocycles. The molecule has 1 N–H and O–H groups in total. The number of anilines is 1. The van der Waals surface area contributed by atoms with Gasteiger partial charge in [-0.3, -0.25) is 4.90 Å². The van der Waals surface area contributed by atoms with E-state index in [-0.39, 0.29) is 0 Å². The standard InChI is InChI=1S/C13H22N4/c1-3-17-13-10(7-8-14-13)12(15-17)11-6-4-5-9-16(11)2/h11,14H,3-9H2,1-2H3. The Hall–Kier alpha value is -1.03. The Balaban J connectivity index is 1.97. The van der Waals surface area contributed by atoms with Crippen LogP contribution in [0, 0.1) is 0 Å². The lowest BCUT2D eigenvalue weighted by Gasteiger charge is -2.31. The molecule has 1 atom stereocenters. The number of likely N-dealkylation sites (tertiary alicyclic amines) is 1. The van der Waals surface area contributed by atoms with Crippen LogP contribution in [0.2, 0.25) is 0 Å². The van der Waals surface area contributed by atoms with Crippen molar-refractivity contribution in [2.24, 2.45) is 0 Å². The fourth-order valence-corrected chi connectivity index (χ4v) is 3.18. The summed E-state index contributed by atoms with van der Waals surface area (Å²) in [5.41, 5.74) is 2.82. The Bertz CT molecular complexity index is 410. The maximum absolute atomic E-state index is 4.84. The van der Waals surface area contributed by atoms with Crippen molar-refractivity contribution in [3.05, 3.63) is 11.3 Å². The third kappa shape index (κ3) is 1.75. The van der Waals surface area contributed by atoms with Crippen LogP contribution in [0.1, 0.15) is 43.5 Å². The SMILES string of the molecule is CCn1nc(C2CCCCN2C)c2c1NCC2. The maximum Gasteiger partial charge on any atom is 0.127 e. The normalized spacial score (nSPS) is 24.7. The van der Waals surface area contributed by atoms with E-state index < -0.39 is 0 Å². The van der Waals surface area contributed by atoms with E-state index >= 15 is 0 Å². The highest BCUT2D eigenvalue weighted by atomic mass is 15.3. The third-order valence-electron chi connectivity index (χ3n) is 4.13. The van der Waals surface area contributed by atoms with Gasteiger partial charge in [0.25, 0.3) is 0 Å². The monoisotopic (exact) mass is 234 g/mol. The zero-order valence-electron chi connectivity index (χ0n) is 10.9. The lowest BCUT2D eigenvalue weighted by atomic mass is 9.97. The minimum atomic E-state index is 0.546. The molecule has 1 saturated heterocycles. The van der Waals surface area contributed by atoms with Crippen molar-refractivity contribution in [2.45, 2.75) is 45.2 Å². The van der Waals surface area contributed by atoms with E-state index in [4.69, 9.17) is 5.10 Å². The van der Waals surface area contributed by atoms with Crippen molar-refractivity contribution < 1.29 is 0 Å². The highest BCUT2D eigenvalue weighted by molar-refractivity contribution is 5.53. The van der Waals surface area contributed by atoms with Crippen LogP contribution in [0.25, 0.3) is 0 Å². The highest BCUT2D eigenvalue weighted by Crippen LogP contribution is 2.36. The van der Waals surface area contributed by atoms with E-state index in [2.05, 4.69) is 28.9 Å². The van der Waals surface area contributed by atoms with Crippen molar-refractivity contribution in [2.75, 3.05) is 25.5 Å². The number of rotatable bonds is 2. The van der Waals surface area contributed by atoms with Gasteiger partial charge >= 0.3 is 0 Å². The number of nitrogens with one attached hydrogen (secondary N) is 1. The number of aromatic nitrogens is 2. The van der Waals surface area contributed by atoms with Crippen LogP contribution < -0.4 is 5.32 Å². The van der Waals surface area contributed by atoms with Gasteiger partial charge in [-0.1, -0.05) is 6.42 Å². The van der Waals surface area contributed by atoms with Crippen molar-refractivity contribution in [1.82, 2.24) is 14.7 Å². The van der Waals surface area contributed by atoms with E-state index in [9.17, 15) is 0 Å². The Labute approximate surface area is 103 Å². The molecule has 0 spiro atoms. The third-order valence-corrected chi connectivity index (χ3v) is 4.13. The maximum atomic E-state index is 4.84. The van der Waals surface area contributed by atoms with E-state index in [1.54, 1.807) is 0 Å². The summed E-state index contributed by atoms with van der Waals surface area (Å²) in [7, 11) is 2.24. The van der Waals surface area contributed by atoms with Crippen LogP contribution in [-0.4, -0.2) is 34.8 Å². The lowest BCUT2D eigenvalue weighted by molar-refractivity contribution is 0.182. The van der Waals surface area contributed by atoms with E-state index in [0.717, 1.165) is 19.5 Å². The summed E-state index contributed by atoms with van der Waals surface area (Å²) in [6, 6.07) is 0.546. The zero-order chi connectivity index (χ0) is 11.8. The minimum absolute atomic E-state index is 0.546. The Morgan fingerprint density at radius 1 is 1.41 bits per heavy atom. The average molecular weight is 234 g/mol. The summed E-state index contributed by atoms with van der Waals surface area (Å²) in [6.45, 7) is 5.43. The Kier molecular flexibility index (Phi) is 2.82. The molecule has 3 heterocycles. The summed E-state index contributed by atoms with van der Waals surface area (Å²) >= 11 is 0. The predicted octanol–water partition coefficient (Wildman–Crippen LogP) is 2.03. The van der Waals surface area contributed by atoms with Gasteiger partial charge in [-0.25, -0.2) is 4.68 Å². The minimum Gasteiger partial charge on any atom is -0.370 e. The molecular formula is C13H22N4. The molecule has 1 fully saturated rings. The van der Waals surface area contributed by atoms with E-state index in [1.807, 2.05) is 0 Å². The molecule has 3 rings (SSSR count). The summed E-state index contributed by atoms with van der Waals surface area (Å²) in [4.78, 5) is 2.48. The molecule has 1 unspecified atom stereocenters. The van der Waals surface area contributed by atoms with Crippen LogP contribution in [-0.2, 0) is 13.0 Å². The van der Waals surface area contributed by atoms with Gasteiger partial charge in [0, 0.05) is 18.7 Å². The Morgan fingerprint density at radius 3 is 3.06 bits per heavy atom. The summed E-state index contributed by atoms with van der Waals surface area (Å²) in [5, 5.41) is 8.31. The van der Waals surface area contributed by atoms with Crippen molar-refractivity contribution in [3.8, 4) is 0 Å². The molecular weight excluding hydrogens is 212 g/mol. The van der Waals surface area contributed by atoms with Gasteiger partial charge in [-0.05, 0) is 39.8 Å². The van der Waals surface area contributed by atoms with Crippen molar-refractivity contribution in [1.29, 1.82) is 0 Å². The number of nitrogens with zero attached hydrogens (tertiary/aromatic N) is 3. The van der Waals surface area contributed by atoms with Gasteiger partial charge < -0.3 is 5.32 Å². The number of fused-ring (bicyclic) bond motifs is 1. The largest absolute Gasteiger partial charge is 0.370 e. The first-order valence-corrected chi connectivity index (χ1v) is 6.85. The van der Waals surface area contributed by atoms with Crippen molar-refractivity contribution >= 4 is 5.82 Å². The molecule has 1 aromatic rings. The molecule has 94 valence electrons. The van der Waals surface area contributed by atoms with Crippen molar-refractivity contribution in [3.63, 3.8) is 0 Å². The summed E-state index contributed by atoms with van der Waals surface area (Å²) in [6.07, 6.45) is 5.09. The second-order valence-corrected chi connectivity index (χ2v) is 5.20. The van der Waals surface area contributed by atoms with E-state index in [1.165, 1.54) is 42.9 Å².